The molecule has 4 rings (SSSR count). The number of rotatable bonds is 8. The van der Waals surface area contributed by atoms with Gasteiger partial charge in [-0.25, -0.2) is 0 Å². The van der Waals surface area contributed by atoms with Gasteiger partial charge in [-0.1, -0.05) is 30.3 Å². The molecule has 0 radical (unpaired) electrons. The van der Waals surface area contributed by atoms with Crippen molar-refractivity contribution in [1.82, 2.24) is 20.0 Å². The summed E-state index contributed by atoms with van der Waals surface area (Å²) >= 11 is 0. The van der Waals surface area contributed by atoms with Crippen molar-refractivity contribution in [3.05, 3.63) is 65.7 Å². The molecule has 3 amide bonds. The molecule has 2 aromatic rings. The molecule has 2 aromatic carbocycles. The van der Waals surface area contributed by atoms with Crippen molar-refractivity contribution in [3.63, 3.8) is 0 Å². The van der Waals surface area contributed by atoms with Gasteiger partial charge in [0.15, 0.2) is 5.78 Å². The highest BCUT2D eigenvalue weighted by Crippen LogP contribution is 2.15. The Hall–Kier alpha value is -3.56. The normalized spacial score (nSPS) is 19.0. The van der Waals surface area contributed by atoms with Crippen LogP contribution in [0.15, 0.2) is 54.6 Å². The fraction of sp³-hybridized carbons (Fsp3) is 0.407. The molecule has 1 atom stereocenters. The predicted octanol–water partition coefficient (Wildman–Crippen LogP) is 1.36. The lowest BCUT2D eigenvalue weighted by molar-refractivity contribution is -0.145. The average molecular weight is 492 g/mol. The Balaban J connectivity index is 1.29. The van der Waals surface area contributed by atoms with Gasteiger partial charge >= 0.3 is 0 Å². The van der Waals surface area contributed by atoms with Gasteiger partial charge < -0.3 is 15.5 Å². The molecule has 0 saturated carbocycles. The number of nitrogens with zero attached hydrogens (tertiary/aromatic N) is 3. The van der Waals surface area contributed by atoms with Crippen molar-refractivity contribution < 1.29 is 19.2 Å². The maximum Gasteiger partial charge on any atom is 0.243 e. The number of carbonyl (C=O) groups excluding carboxylic acids is 4. The first-order valence-electron chi connectivity index (χ1n) is 12.4. The Morgan fingerprint density at radius 1 is 0.917 bits per heavy atom. The third-order valence-corrected chi connectivity index (χ3v) is 6.68. The number of nitrogens with one attached hydrogen (secondary N) is 2. The van der Waals surface area contributed by atoms with Crippen molar-refractivity contribution in [2.45, 2.75) is 25.9 Å². The van der Waals surface area contributed by atoms with Crippen LogP contribution < -0.4 is 10.6 Å². The topological polar surface area (TPSA) is 102 Å². The minimum absolute atomic E-state index is 0.0569. The molecule has 2 fully saturated rings. The van der Waals surface area contributed by atoms with Gasteiger partial charge in [-0.2, -0.15) is 0 Å². The van der Waals surface area contributed by atoms with Crippen LogP contribution in [0.4, 0.5) is 5.69 Å². The standard InChI is InChI=1S/C27H33N5O4/c1-20(33)22-7-9-23(10-8-22)29-25(34)17-24-27(36)28-11-12-32(24)26(35)19-31-15-13-30(14-16-31)18-21-5-3-2-4-6-21/h2-10,24H,11-19H2,1H3,(H,28,36)(H,29,34)/t24-/m0/s1. The van der Waals surface area contributed by atoms with E-state index in [9.17, 15) is 19.2 Å². The zero-order valence-corrected chi connectivity index (χ0v) is 20.6. The highest BCUT2D eigenvalue weighted by atomic mass is 16.2. The summed E-state index contributed by atoms with van der Waals surface area (Å²) in [4.78, 5) is 55.9. The zero-order valence-electron chi connectivity index (χ0n) is 20.6. The summed E-state index contributed by atoms with van der Waals surface area (Å²) in [6, 6.07) is 16.1. The highest BCUT2D eigenvalue weighted by molar-refractivity contribution is 5.98. The first-order valence-corrected chi connectivity index (χ1v) is 12.4. The third kappa shape index (κ3) is 6.77. The lowest BCUT2D eigenvalue weighted by Crippen LogP contribution is -2.60. The largest absolute Gasteiger partial charge is 0.353 e. The molecule has 2 aliphatic heterocycles. The molecular weight excluding hydrogens is 458 g/mol. The molecule has 2 saturated heterocycles. The summed E-state index contributed by atoms with van der Waals surface area (Å²) in [6.45, 7) is 6.66. The van der Waals surface area contributed by atoms with E-state index in [-0.39, 0.29) is 36.5 Å². The zero-order chi connectivity index (χ0) is 25.5. The predicted molar refractivity (Wildman–Crippen MR) is 136 cm³/mol. The van der Waals surface area contributed by atoms with E-state index in [0.717, 1.165) is 32.7 Å². The molecule has 2 aliphatic rings. The number of anilines is 1. The van der Waals surface area contributed by atoms with Crippen molar-refractivity contribution in [1.29, 1.82) is 0 Å². The molecule has 2 heterocycles. The van der Waals surface area contributed by atoms with Crippen LogP contribution >= 0.6 is 0 Å². The van der Waals surface area contributed by atoms with E-state index in [2.05, 4.69) is 32.6 Å². The molecule has 9 nitrogen and oxygen atoms in total. The number of piperazine rings is 2. The van der Waals surface area contributed by atoms with E-state index in [0.29, 0.717) is 24.3 Å². The van der Waals surface area contributed by atoms with Gasteiger partial charge in [-0.05, 0) is 36.8 Å². The summed E-state index contributed by atoms with van der Waals surface area (Å²) in [5.74, 6) is -0.868. The highest BCUT2D eigenvalue weighted by Gasteiger charge is 2.35. The van der Waals surface area contributed by atoms with Gasteiger partial charge in [0.05, 0.1) is 13.0 Å². The van der Waals surface area contributed by atoms with Crippen LogP contribution in [0.3, 0.4) is 0 Å². The molecule has 0 unspecified atom stereocenters. The molecule has 36 heavy (non-hydrogen) atoms. The number of hydrogen-bond acceptors (Lipinski definition) is 6. The number of ketones is 1. The fourth-order valence-electron chi connectivity index (χ4n) is 4.62. The van der Waals surface area contributed by atoms with Crippen LogP contribution in [-0.4, -0.2) is 90.1 Å². The van der Waals surface area contributed by atoms with Crippen LogP contribution in [-0.2, 0) is 20.9 Å². The Morgan fingerprint density at radius 2 is 1.58 bits per heavy atom. The van der Waals surface area contributed by atoms with Crippen molar-refractivity contribution in [2.24, 2.45) is 0 Å². The number of hydrogen-bond donors (Lipinski definition) is 2. The first-order chi connectivity index (χ1) is 17.4. The average Bonchev–Trinajstić information content (AvgIpc) is 2.87. The molecule has 0 aliphatic carbocycles. The Kier molecular flexibility index (Phi) is 8.45. The lowest BCUT2D eigenvalue weighted by atomic mass is 10.1. The SMILES string of the molecule is CC(=O)c1ccc(NC(=O)C[C@H]2C(=O)NCCN2C(=O)CN2CCN(Cc3ccccc3)CC2)cc1. The van der Waals surface area contributed by atoms with E-state index in [1.54, 1.807) is 24.3 Å². The second-order valence-corrected chi connectivity index (χ2v) is 9.32. The monoisotopic (exact) mass is 491 g/mol. The summed E-state index contributed by atoms with van der Waals surface area (Å²) in [5, 5.41) is 5.53. The Bertz CT molecular complexity index is 1080. The molecule has 9 heteroatoms. The van der Waals surface area contributed by atoms with E-state index in [1.807, 2.05) is 18.2 Å². The fourth-order valence-corrected chi connectivity index (χ4v) is 4.62. The summed E-state index contributed by atoms with van der Waals surface area (Å²) in [5.41, 5.74) is 2.36. The molecule has 0 spiro atoms. The van der Waals surface area contributed by atoms with Crippen LogP contribution in [0.25, 0.3) is 0 Å². The van der Waals surface area contributed by atoms with Crippen LogP contribution in [0.5, 0.6) is 0 Å². The third-order valence-electron chi connectivity index (χ3n) is 6.68. The van der Waals surface area contributed by atoms with E-state index < -0.39 is 6.04 Å². The van der Waals surface area contributed by atoms with E-state index >= 15 is 0 Å². The van der Waals surface area contributed by atoms with Gasteiger partial charge in [0.1, 0.15) is 6.04 Å². The second kappa shape index (κ2) is 11.9. The number of amides is 3. The quantitative estimate of drug-likeness (QED) is 0.541. The Morgan fingerprint density at radius 3 is 2.25 bits per heavy atom. The summed E-state index contributed by atoms with van der Waals surface area (Å²) < 4.78 is 0. The molecule has 190 valence electrons. The van der Waals surface area contributed by atoms with Gasteiger partial charge in [-0.3, -0.25) is 29.0 Å². The summed E-state index contributed by atoms with van der Waals surface area (Å²) in [6.07, 6.45) is -0.128. The molecule has 0 aromatic heterocycles. The first kappa shape index (κ1) is 25.5. The minimum atomic E-state index is -0.845. The second-order valence-electron chi connectivity index (χ2n) is 9.32. The van der Waals surface area contributed by atoms with Gasteiger partial charge in [0, 0.05) is 57.1 Å². The van der Waals surface area contributed by atoms with Gasteiger partial charge in [-0.15, -0.1) is 0 Å². The van der Waals surface area contributed by atoms with Crippen molar-refractivity contribution >= 4 is 29.2 Å². The van der Waals surface area contributed by atoms with Crippen molar-refractivity contribution in [2.75, 3.05) is 51.1 Å². The van der Waals surface area contributed by atoms with Crippen molar-refractivity contribution in [3.8, 4) is 0 Å². The number of carbonyl (C=O) groups is 4. The maximum atomic E-state index is 13.2. The molecule has 2 N–H and O–H groups in total. The molecule has 0 bridgehead atoms. The summed E-state index contributed by atoms with van der Waals surface area (Å²) in [7, 11) is 0. The van der Waals surface area contributed by atoms with Gasteiger partial charge in [0.25, 0.3) is 0 Å². The van der Waals surface area contributed by atoms with E-state index in [4.69, 9.17) is 0 Å². The molecular formula is C27H33N5O4. The van der Waals surface area contributed by atoms with E-state index in [1.165, 1.54) is 17.4 Å². The van der Waals surface area contributed by atoms with Crippen LogP contribution in [0.2, 0.25) is 0 Å². The van der Waals surface area contributed by atoms with Crippen LogP contribution in [0.1, 0.15) is 29.3 Å². The van der Waals surface area contributed by atoms with Gasteiger partial charge in [0.2, 0.25) is 17.7 Å². The number of benzene rings is 2. The maximum absolute atomic E-state index is 13.2. The minimum Gasteiger partial charge on any atom is -0.353 e. The Labute approximate surface area is 211 Å². The number of Topliss-reactive ketones (excluding diaryl/α,β-unsaturated/α-hetero) is 1. The lowest BCUT2D eigenvalue weighted by Gasteiger charge is -2.38. The van der Waals surface area contributed by atoms with Crippen LogP contribution in [0, 0.1) is 0 Å². The smallest absolute Gasteiger partial charge is 0.243 e.